The molecular weight excluding hydrogens is 554 g/mol. The number of nitrogens with two attached hydrogens (primary N) is 1. The van der Waals surface area contributed by atoms with E-state index in [1.54, 1.807) is 25.2 Å². The van der Waals surface area contributed by atoms with Crippen LogP contribution in [0.3, 0.4) is 0 Å². The molecule has 3 aromatic rings. The number of aromatic amines is 1. The van der Waals surface area contributed by atoms with Gasteiger partial charge in [-0.15, -0.1) is 0 Å². The van der Waals surface area contributed by atoms with Gasteiger partial charge in [0.15, 0.2) is 29.6 Å². The number of anilines is 2. The number of rotatable bonds is 9. The van der Waals surface area contributed by atoms with Crippen molar-refractivity contribution in [2.24, 2.45) is 0 Å². The summed E-state index contributed by atoms with van der Waals surface area (Å²) in [6.07, 6.45) is -5.47. The molecule has 1 aliphatic rings. The SMILES string of the molecule is CNc1ccccc1C(=O)O[C@H]1[C@@H](OP(=O)(O)OP(=O)(O)O)[C@H](n2cnc3c(=O)[nH]c(N)nc32)O[C@@H]1CO. The standard InChI is InChI=1S/C18H22N6O12P2/c1-20-9-5-3-2-4-8(9)17(27)34-12-10(6-25)33-16(13(12)35-38(31,32)36-37(28,29)30)24-7-21-11-14(24)22-18(19)23-15(11)26/h2-5,7,10,12-13,16,20,25H,6H2,1H3,(H,31,32)(H2,28,29,30)(H3,19,22,23,26)/t10-,12-,13-,16-/m1/s1. The van der Waals surface area contributed by atoms with Crippen molar-refractivity contribution in [1.29, 1.82) is 0 Å². The summed E-state index contributed by atoms with van der Waals surface area (Å²) in [5.74, 6) is -1.28. The number of esters is 1. The van der Waals surface area contributed by atoms with Crippen molar-refractivity contribution in [3.63, 3.8) is 0 Å². The maximum atomic E-state index is 13.0. The van der Waals surface area contributed by atoms with E-state index in [4.69, 9.17) is 29.5 Å². The largest absolute Gasteiger partial charge is 0.481 e. The Morgan fingerprint density at radius 3 is 2.63 bits per heavy atom. The van der Waals surface area contributed by atoms with Crippen molar-refractivity contribution in [3.8, 4) is 0 Å². The Morgan fingerprint density at radius 2 is 1.97 bits per heavy atom. The molecule has 4 rings (SSSR count). The topological polar surface area (TPSA) is 271 Å². The van der Waals surface area contributed by atoms with E-state index in [9.17, 15) is 28.7 Å². The molecule has 1 aliphatic heterocycles. The molecule has 8 N–H and O–H groups in total. The number of hydrogen-bond acceptors (Lipinski definition) is 13. The molecule has 0 saturated carbocycles. The summed E-state index contributed by atoms with van der Waals surface area (Å²) in [7, 11) is -9.55. The van der Waals surface area contributed by atoms with Crippen molar-refractivity contribution in [3.05, 3.63) is 46.5 Å². The predicted octanol–water partition coefficient (Wildman–Crippen LogP) is -0.546. The third kappa shape index (κ3) is 5.78. The summed E-state index contributed by atoms with van der Waals surface area (Å²) in [6, 6.07) is 6.18. The number of nitrogen functional groups attached to an aromatic ring is 1. The van der Waals surface area contributed by atoms with E-state index in [1.807, 2.05) is 0 Å². The number of para-hydroxylation sites is 1. The number of benzene rings is 1. The monoisotopic (exact) mass is 576 g/mol. The summed E-state index contributed by atoms with van der Waals surface area (Å²) in [5.41, 5.74) is 4.88. The van der Waals surface area contributed by atoms with Gasteiger partial charge in [0.1, 0.15) is 6.10 Å². The number of carbonyl (C=O) groups is 1. The molecule has 206 valence electrons. The molecule has 0 amide bonds. The molecule has 1 unspecified atom stereocenters. The molecule has 0 radical (unpaired) electrons. The number of carbonyl (C=O) groups excluding carboxylic acids is 1. The highest BCUT2D eigenvalue weighted by molar-refractivity contribution is 7.60. The summed E-state index contributed by atoms with van der Waals surface area (Å²) < 4.78 is 44.9. The van der Waals surface area contributed by atoms with Gasteiger partial charge in [-0.3, -0.25) is 18.9 Å². The van der Waals surface area contributed by atoms with E-state index in [-0.39, 0.29) is 22.7 Å². The second-order valence-electron chi connectivity index (χ2n) is 7.80. The molecule has 0 bridgehead atoms. The number of phosphoric acid groups is 2. The van der Waals surface area contributed by atoms with Gasteiger partial charge in [-0.2, -0.15) is 9.29 Å². The molecule has 38 heavy (non-hydrogen) atoms. The average molecular weight is 576 g/mol. The fraction of sp³-hybridized carbons (Fsp3) is 0.333. The van der Waals surface area contributed by atoms with E-state index < -0.39 is 58.3 Å². The molecule has 0 aliphatic carbocycles. The van der Waals surface area contributed by atoms with Crippen molar-refractivity contribution < 1.29 is 52.0 Å². The Kier molecular flexibility index (Phi) is 7.72. The number of H-pyrrole nitrogens is 1. The van der Waals surface area contributed by atoms with E-state index in [0.717, 1.165) is 10.9 Å². The van der Waals surface area contributed by atoms with Crippen LogP contribution in [-0.2, 0) is 27.4 Å². The highest BCUT2D eigenvalue weighted by Gasteiger charge is 2.53. The molecule has 0 spiro atoms. The average Bonchev–Trinajstić information content (AvgIpc) is 3.38. The van der Waals surface area contributed by atoms with Crippen LogP contribution in [0.5, 0.6) is 0 Å². The van der Waals surface area contributed by atoms with Crippen LogP contribution in [0.25, 0.3) is 11.2 Å². The number of hydrogen-bond donors (Lipinski definition) is 7. The number of imidazole rings is 1. The summed E-state index contributed by atoms with van der Waals surface area (Å²) in [6.45, 7) is -0.806. The van der Waals surface area contributed by atoms with Crippen LogP contribution in [0.15, 0.2) is 35.4 Å². The van der Waals surface area contributed by atoms with Gasteiger partial charge in [0.2, 0.25) is 5.95 Å². The lowest BCUT2D eigenvalue weighted by Crippen LogP contribution is -2.39. The van der Waals surface area contributed by atoms with Crippen molar-refractivity contribution in [2.75, 3.05) is 24.7 Å². The molecule has 3 heterocycles. The summed E-state index contributed by atoms with van der Waals surface area (Å²) >= 11 is 0. The third-order valence-corrected chi connectivity index (χ3v) is 7.50. The van der Waals surface area contributed by atoms with Crippen molar-refractivity contribution >= 4 is 44.4 Å². The highest BCUT2D eigenvalue weighted by Crippen LogP contribution is 2.59. The number of aliphatic hydroxyl groups excluding tert-OH is 1. The lowest BCUT2D eigenvalue weighted by molar-refractivity contribution is -0.0526. The van der Waals surface area contributed by atoms with Gasteiger partial charge in [-0.1, -0.05) is 12.1 Å². The molecule has 1 fully saturated rings. The van der Waals surface area contributed by atoms with Crippen LogP contribution < -0.4 is 16.6 Å². The van der Waals surface area contributed by atoms with Gasteiger partial charge in [-0.25, -0.2) is 18.9 Å². The predicted molar refractivity (Wildman–Crippen MR) is 127 cm³/mol. The zero-order valence-corrected chi connectivity index (χ0v) is 21.1. The van der Waals surface area contributed by atoms with Crippen molar-refractivity contribution in [1.82, 2.24) is 19.5 Å². The smallest absolute Gasteiger partial charge is 0.453 e. The lowest BCUT2D eigenvalue weighted by atomic mass is 10.1. The number of phosphoric ester groups is 1. The molecule has 5 atom stereocenters. The molecule has 1 aromatic carbocycles. The Bertz CT molecular complexity index is 1500. The van der Waals surface area contributed by atoms with Gasteiger partial charge >= 0.3 is 21.6 Å². The van der Waals surface area contributed by atoms with E-state index >= 15 is 0 Å². The highest BCUT2D eigenvalue weighted by atomic mass is 31.3. The number of fused-ring (bicyclic) bond motifs is 1. The Hall–Kier alpha value is -3.18. The number of ether oxygens (including phenoxy) is 2. The maximum absolute atomic E-state index is 13.0. The second-order valence-corrected chi connectivity index (χ2v) is 10.6. The first-order valence-corrected chi connectivity index (χ1v) is 13.6. The van der Waals surface area contributed by atoms with Gasteiger partial charge in [0.25, 0.3) is 5.56 Å². The molecule has 2 aromatic heterocycles. The lowest BCUT2D eigenvalue weighted by Gasteiger charge is -2.26. The van der Waals surface area contributed by atoms with Crippen LogP contribution in [-0.4, -0.2) is 77.2 Å². The molecular formula is C18H22N6O12P2. The van der Waals surface area contributed by atoms with Crippen molar-refractivity contribution in [2.45, 2.75) is 24.5 Å². The number of nitrogens with one attached hydrogen (secondary N) is 2. The van der Waals surface area contributed by atoms with Gasteiger partial charge in [-0.05, 0) is 12.1 Å². The zero-order chi connectivity index (χ0) is 27.8. The van der Waals surface area contributed by atoms with Gasteiger partial charge < -0.3 is 40.3 Å². The Balaban J connectivity index is 1.78. The second kappa shape index (κ2) is 10.5. The van der Waals surface area contributed by atoms with E-state index in [0.29, 0.717) is 5.69 Å². The molecule has 20 heteroatoms. The minimum atomic E-state index is -5.56. The van der Waals surface area contributed by atoms with Crippen LogP contribution in [0.4, 0.5) is 11.6 Å². The van der Waals surface area contributed by atoms with Gasteiger partial charge in [0, 0.05) is 12.7 Å². The third-order valence-electron chi connectivity index (χ3n) is 5.31. The fourth-order valence-electron chi connectivity index (χ4n) is 3.84. The van der Waals surface area contributed by atoms with Crippen LogP contribution in [0.1, 0.15) is 16.6 Å². The van der Waals surface area contributed by atoms with Crippen LogP contribution in [0, 0.1) is 0 Å². The summed E-state index contributed by atoms with van der Waals surface area (Å²) in [4.78, 5) is 63.5. The first kappa shape index (κ1) is 27.8. The van der Waals surface area contributed by atoms with E-state index in [2.05, 4.69) is 24.6 Å². The normalized spacial score (nSPS) is 23.3. The number of aliphatic hydroxyl groups is 1. The number of nitrogens with zero attached hydrogens (tertiary/aromatic N) is 3. The quantitative estimate of drug-likeness (QED) is 0.124. The first-order chi connectivity index (χ1) is 17.8. The van der Waals surface area contributed by atoms with E-state index in [1.165, 1.54) is 6.07 Å². The maximum Gasteiger partial charge on any atom is 0.481 e. The van der Waals surface area contributed by atoms with Crippen LogP contribution >= 0.6 is 15.6 Å². The zero-order valence-electron chi connectivity index (χ0n) is 19.3. The molecule has 18 nitrogen and oxygen atoms in total. The summed E-state index contributed by atoms with van der Waals surface area (Å²) in [5, 5.41) is 12.7. The Labute approximate surface area is 212 Å². The minimum absolute atomic E-state index is 0.0431. The number of aromatic nitrogens is 4. The first-order valence-electron chi connectivity index (χ1n) is 10.6. The van der Waals surface area contributed by atoms with Crippen LogP contribution in [0.2, 0.25) is 0 Å². The minimum Gasteiger partial charge on any atom is -0.453 e. The Morgan fingerprint density at radius 1 is 1.26 bits per heavy atom. The van der Waals surface area contributed by atoms with Gasteiger partial charge in [0.05, 0.1) is 18.5 Å². The molecule has 1 saturated heterocycles. The fourth-order valence-corrected chi connectivity index (χ4v) is 5.60.